The molecular weight excluding hydrogens is 664 g/mol. The summed E-state index contributed by atoms with van der Waals surface area (Å²) < 4.78 is 23.7. The van der Waals surface area contributed by atoms with Gasteiger partial charge in [0.15, 0.2) is 17.9 Å². The van der Waals surface area contributed by atoms with E-state index in [1.165, 1.54) is 32.2 Å². The number of aliphatic hydroxyl groups is 2. The topological polar surface area (TPSA) is 215 Å². The van der Waals surface area contributed by atoms with Gasteiger partial charge in [0.05, 0.1) is 48.0 Å². The van der Waals surface area contributed by atoms with Gasteiger partial charge in [0.25, 0.3) is 0 Å². The Labute approximate surface area is 295 Å². The maximum absolute atomic E-state index is 14.4. The molecule has 1 radical (unpaired) electrons. The third kappa shape index (κ3) is 6.06. The second-order valence-corrected chi connectivity index (χ2v) is 15.6. The highest BCUT2D eigenvalue weighted by Crippen LogP contribution is 2.53. The van der Waals surface area contributed by atoms with Crippen molar-refractivity contribution in [3.8, 4) is 17.2 Å². The van der Waals surface area contributed by atoms with Crippen LogP contribution in [0.2, 0.25) is 0 Å². The van der Waals surface area contributed by atoms with E-state index in [0.717, 1.165) is 5.06 Å². The molecule has 14 heteroatoms. The molecule has 6 atom stereocenters. The van der Waals surface area contributed by atoms with Crippen LogP contribution in [-0.4, -0.2) is 92.0 Å². The standard InChI is InChI=1S/C37H45N2O12/c1-16-29(41)21(38)11-24(49-16)50-23-15-37(46,17(2)40)14-20-26(23)32(44)27-28(30(42)19-9-8-10-22(48-7)25(19)31(27)43)33(20)51-34(45)18-12-35(3,4)39(47)36(5,6)13-18/h8-10,16,18,21,23-24,29,41,44,46H,11-15,38H2,1-7H3/t16?,21?,23-,24?,29?,37-/m0/s1. The first-order valence-electron chi connectivity index (χ1n) is 17.1. The van der Waals surface area contributed by atoms with Gasteiger partial charge in [-0.15, -0.1) is 10.3 Å². The molecule has 2 aromatic carbocycles. The molecule has 275 valence electrons. The normalized spacial score (nSPS) is 30.2. The molecule has 2 saturated heterocycles. The number of hydroxylamine groups is 2. The Balaban J connectivity index is 1.56. The summed E-state index contributed by atoms with van der Waals surface area (Å²) in [6.07, 6.45) is -4.82. The monoisotopic (exact) mass is 709 g/mol. The number of Topliss-reactive ketones (excluding diaryl/α,β-unsaturated/α-hetero) is 1. The van der Waals surface area contributed by atoms with Crippen molar-refractivity contribution in [1.82, 2.24) is 5.06 Å². The number of nitrogens with two attached hydrogens (primary N) is 1. The molecule has 4 aliphatic rings. The summed E-state index contributed by atoms with van der Waals surface area (Å²) >= 11 is 0. The van der Waals surface area contributed by atoms with Gasteiger partial charge in [0, 0.05) is 53.1 Å². The predicted molar refractivity (Wildman–Crippen MR) is 178 cm³/mol. The first-order valence-corrected chi connectivity index (χ1v) is 17.1. The number of carbonyl (C=O) groups excluding carboxylic acids is 4. The lowest BCUT2D eigenvalue weighted by molar-refractivity contribution is -0.293. The molecule has 6 rings (SSSR count). The molecule has 0 aromatic heterocycles. The highest BCUT2D eigenvalue weighted by Gasteiger charge is 2.52. The van der Waals surface area contributed by atoms with Gasteiger partial charge in [-0.3, -0.25) is 19.2 Å². The summed E-state index contributed by atoms with van der Waals surface area (Å²) in [6, 6.07) is 3.67. The number of carbonyl (C=O) groups is 4. The Hall–Kier alpha value is -3.76. The minimum Gasteiger partial charge on any atom is -0.507 e. The summed E-state index contributed by atoms with van der Waals surface area (Å²) in [7, 11) is 1.33. The minimum atomic E-state index is -2.12. The molecule has 0 bridgehead atoms. The fourth-order valence-corrected chi connectivity index (χ4v) is 8.37. The van der Waals surface area contributed by atoms with Gasteiger partial charge < -0.3 is 40.0 Å². The SMILES string of the molecule is COc1cccc2c1C(=O)c1c(O)c3c(c(OC(=O)C4CC(C)(C)N([O])C(C)(C)C4)c1C2=O)C[C@@](O)(C(C)=O)C[C@@H]3OC1CC(N)C(O)C(C)O1. The Bertz CT molecular complexity index is 1790. The number of hydrogen-bond acceptors (Lipinski definition) is 13. The Morgan fingerprint density at radius 2 is 1.67 bits per heavy atom. The van der Waals surface area contributed by atoms with Crippen molar-refractivity contribution in [2.75, 3.05) is 7.11 Å². The number of aromatic hydroxyl groups is 1. The van der Waals surface area contributed by atoms with Gasteiger partial charge >= 0.3 is 5.97 Å². The maximum Gasteiger partial charge on any atom is 0.314 e. The fraction of sp³-hybridized carbons (Fsp3) is 0.568. The predicted octanol–water partition coefficient (Wildman–Crippen LogP) is 2.84. The molecule has 2 aromatic rings. The van der Waals surface area contributed by atoms with Crippen molar-refractivity contribution in [2.45, 2.75) is 121 Å². The molecule has 5 N–H and O–H groups in total. The lowest BCUT2D eigenvalue weighted by Crippen LogP contribution is -2.59. The average Bonchev–Trinajstić information content (AvgIpc) is 3.05. The van der Waals surface area contributed by atoms with Gasteiger partial charge in [-0.25, -0.2) is 0 Å². The molecule has 2 heterocycles. The molecule has 2 aliphatic carbocycles. The first-order chi connectivity index (χ1) is 23.7. The number of ether oxygens (including phenoxy) is 4. The number of phenolic OH excluding ortho intramolecular Hbond substituents is 1. The van der Waals surface area contributed by atoms with Crippen LogP contribution in [0.4, 0.5) is 0 Å². The molecule has 4 unspecified atom stereocenters. The van der Waals surface area contributed by atoms with Gasteiger partial charge in [0.2, 0.25) is 5.78 Å². The summed E-state index contributed by atoms with van der Waals surface area (Å²) in [6.45, 7) is 9.63. The number of benzene rings is 2. The second-order valence-electron chi connectivity index (χ2n) is 15.6. The van der Waals surface area contributed by atoms with Crippen molar-refractivity contribution in [3.63, 3.8) is 0 Å². The van der Waals surface area contributed by atoms with Crippen LogP contribution in [0.3, 0.4) is 0 Å². The molecule has 0 amide bonds. The lowest BCUT2D eigenvalue weighted by atomic mass is 9.72. The largest absolute Gasteiger partial charge is 0.507 e. The van der Waals surface area contributed by atoms with Crippen LogP contribution in [-0.2, 0) is 30.7 Å². The van der Waals surface area contributed by atoms with Crippen LogP contribution < -0.4 is 15.2 Å². The summed E-state index contributed by atoms with van der Waals surface area (Å²) in [4.78, 5) is 56.0. The van der Waals surface area contributed by atoms with Gasteiger partial charge in [-0.1, -0.05) is 12.1 Å². The van der Waals surface area contributed by atoms with E-state index >= 15 is 0 Å². The van der Waals surface area contributed by atoms with Crippen LogP contribution in [0.1, 0.15) is 116 Å². The first kappa shape index (κ1) is 37.0. The van der Waals surface area contributed by atoms with E-state index in [0.29, 0.717) is 0 Å². The van der Waals surface area contributed by atoms with E-state index in [1.54, 1.807) is 34.6 Å². The summed E-state index contributed by atoms with van der Waals surface area (Å²) in [5.74, 6) is -4.79. The molecule has 14 nitrogen and oxygen atoms in total. The number of rotatable bonds is 6. The number of methoxy groups -OCH3 is 1. The molecular formula is C37H45N2O12. The maximum atomic E-state index is 14.4. The summed E-state index contributed by atoms with van der Waals surface area (Å²) in [5.41, 5.74) is 0.921. The van der Waals surface area contributed by atoms with E-state index in [1.807, 2.05) is 0 Å². The van der Waals surface area contributed by atoms with E-state index in [9.17, 15) is 39.7 Å². The highest BCUT2D eigenvalue weighted by molar-refractivity contribution is 6.31. The molecule has 2 aliphatic heterocycles. The Morgan fingerprint density at radius 3 is 2.25 bits per heavy atom. The fourth-order valence-electron chi connectivity index (χ4n) is 8.37. The number of nitrogens with zero attached hydrogens (tertiary/aromatic N) is 1. The van der Waals surface area contributed by atoms with E-state index in [4.69, 9.17) is 24.7 Å². The number of piperidine rings is 1. The zero-order valence-electron chi connectivity index (χ0n) is 29.8. The number of esters is 1. The molecule has 0 spiro atoms. The highest BCUT2D eigenvalue weighted by atomic mass is 16.7. The number of aliphatic hydroxyl groups excluding tert-OH is 1. The van der Waals surface area contributed by atoms with Gasteiger partial charge in [0.1, 0.15) is 22.8 Å². The van der Waals surface area contributed by atoms with Crippen molar-refractivity contribution in [3.05, 3.63) is 51.6 Å². The Kier molecular flexibility index (Phi) is 9.23. The zero-order chi connectivity index (χ0) is 37.5. The van der Waals surface area contributed by atoms with Crippen LogP contribution in [0.25, 0.3) is 0 Å². The minimum absolute atomic E-state index is 0.00929. The number of fused-ring (bicyclic) bond motifs is 3. The van der Waals surface area contributed by atoms with Crippen molar-refractivity contribution in [1.29, 1.82) is 0 Å². The lowest BCUT2D eigenvalue weighted by Gasteiger charge is -2.49. The third-order valence-corrected chi connectivity index (χ3v) is 10.9. The van der Waals surface area contributed by atoms with E-state index < -0.39 is 112 Å². The number of hydrogen-bond donors (Lipinski definition) is 4. The van der Waals surface area contributed by atoms with Gasteiger partial charge in [-0.05, 0) is 60.5 Å². The molecule has 0 saturated carbocycles. The zero-order valence-corrected chi connectivity index (χ0v) is 29.8. The molecule has 2 fully saturated rings. The van der Waals surface area contributed by atoms with Crippen molar-refractivity contribution < 1.29 is 58.7 Å². The smallest absolute Gasteiger partial charge is 0.314 e. The number of phenols is 1. The van der Waals surface area contributed by atoms with Crippen LogP contribution in [0, 0.1) is 5.92 Å². The summed E-state index contributed by atoms with van der Waals surface area (Å²) in [5, 5.41) is 48.2. The molecule has 51 heavy (non-hydrogen) atoms. The van der Waals surface area contributed by atoms with Gasteiger partial charge in [-0.2, -0.15) is 0 Å². The van der Waals surface area contributed by atoms with Crippen molar-refractivity contribution in [2.24, 2.45) is 11.7 Å². The average molecular weight is 710 g/mol. The van der Waals surface area contributed by atoms with Crippen molar-refractivity contribution >= 4 is 23.3 Å². The second kappa shape index (κ2) is 12.7. The third-order valence-electron chi connectivity index (χ3n) is 10.9. The quantitative estimate of drug-likeness (QED) is 0.214. The van der Waals surface area contributed by atoms with Crippen LogP contribution in [0.15, 0.2) is 18.2 Å². The Morgan fingerprint density at radius 1 is 1.02 bits per heavy atom. The number of ketones is 3. The van der Waals surface area contributed by atoms with E-state index in [-0.39, 0.29) is 47.3 Å². The van der Waals surface area contributed by atoms with Crippen LogP contribution >= 0.6 is 0 Å². The van der Waals surface area contributed by atoms with Crippen LogP contribution in [0.5, 0.6) is 17.2 Å². The van der Waals surface area contributed by atoms with E-state index in [2.05, 4.69) is 0 Å².